The average Bonchev–Trinajstić information content (AvgIpc) is 3.07. The van der Waals surface area contributed by atoms with Crippen molar-refractivity contribution in [2.75, 3.05) is 26.2 Å². The van der Waals surface area contributed by atoms with Crippen molar-refractivity contribution >= 4 is 0 Å². The maximum atomic E-state index is 5.84. The van der Waals surface area contributed by atoms with E-state index in [1.54, 1.807) is 0 Å². The molecule has 0 N–H and O–H groups in total. The molecule has 0 amide bonds. The molecule has 0 bridgehead atoms. The van der Waals surface area contributed by atoms with Gasteiger partial charge in [-0.15, -0.1) is 0 Å². The predicted molar refractivity (Wildman–Crippen MR) is 91.5 cm³/mol. The van der Waals surface area contributed by atoms with Gasteiger partial charge in [-0.1, -0.05) is 42.5 Å². The zero-order chi connectivity index (χ0) is 15.0. The molecular formula is C20H25NO. The van der Waals surface area contributed by atoms with Crippen LogP contribution in [-0.4, -0.2) is 31.1 Å². The Labute approximate surface area is 133 Å². The normalized spacial score (nSPS) is 15.1. The predicted octanol–water partition coefficient (Wildman–Crippen LogP) is 4.14. The zero-order valence-electron chi connectivity index (χ0n) is 13.2. The van der Waals surface area contributed by atoms with E-state index in [9.17, 15) is 0 Å². The molecule has 0 aliphatic carbocycles. The first kappa shape index (κ1) is 15.1. The Hall–Kier alpha value is -1.80. The summed E-state index contributed by atoms with van der Waals surface area (Å²) >= 11 is 0. The van der Waals surface area contributed by atoms with Crippen LogP contribution in [0.3, 0.4) is 0 Å². The van der Waals surface area contributed by atoms with Crippen molar-refractivity contribution in [3.8, 4) is 5.75 Å². The summed E-state index contributed by atoms with van der Waals surface area (Å²) in [5.74, 6) is 0.984. The van der Waals surface area contributed by atoms with Crippen molar-refractivity contribution in [3.05, 3.63) is 65.7 Å². The van der Waals surface area contributed by atoms with Crippen molar-refractivity contribution < 1.29 is 4.74 Å². The Kier molecular flexibility index (Phi) is 5.49. The highest BCUT2D eigenvalue weighted by Crippen LogP contribution is 2.16. The highest BCUT2D eigenvalue weighted by molar-refractivity contribution is 5.31. The lowest BCUT2D eigenvalue weighted by atomic mass is 10.1. The van der Waals surface area contributed by atoms with Crippen molar-refractivity contribution in [1.29, 1.82) is 0 Å². The minimum Gasteiger partial charge on any atom is -0.494 e. The molecule has 0 unspecified atom stereocenters. The first-order valence-electron chi connectivity index (χ1n) is 8.38. The highest BCUT2D eigenvalue weighted by atomic mass is 16.5. The molecule has 22 heavy (non-hydrogen) atoms. The number of rotatable bonds is 7. The maximum Gasteiger partial charge on any atom is 0.119 e. The molecule has 3 rings (SSSR count). The molecular weight excluding hydrogens is 270 g/mol. The van der Waals surface area contributed by atoms with Crippen molar-refractivity contribution in [3.63, 3.8) is 0 Å². The van der Waals surface area contributed by atoms with Crippen LogP contribution in [0.15, 0.2) is 54.6 Å². The van der Waals surface area contributed by atoms with Crippen LogP contribution in [0.25, 0.3) is 0 Å². The molecule has 2 heteroatoms. The van der Waals surface area contributed by atoms with E-state index < -0.39 is 0 Å². The summed E-state index contributed by atoms with van der Waals surface area (Å²) in [6.45, 7) is 4.53. The van der Waals surface area contributed by atoms with E-state index in [4.69, 9.17) is 4.74 Å². The summed E-state index contributed by atoms with van der Waals surface area (Å²) in [5.41, 5.74) is 2.68. The van der Waals surface area contributed by atoms with Gasteiger partial charge >= 0.3 is 0 Å². The molecule has 1 heterocycles. The molecule has 2 nitrogen and oxygen atoms in total. The maximum absolute atomic E-state index is 5.84. The van der Waals surface area contributed by atoms with Gasteiger partial charge in [-0.05, 0) is 62.0 Å². The molecule has 1 saturated heterocycles. The summed E-state index contributed by atoms with van der Waals surface area (Å²) in [6, 6.07) is 19.1. The molecule has 1 aliphatic heterocycles. The Balaban J connectivity index is 1.41. The van der Waals surface area contributed by atoms with E-state index in [2.05, 4.69) is 59.5 Å². The van der Waals surface area contributed by atoms with Gasteiger partial charge in [0.05, 0.1) is 6.61 Å². The lowest BCUT2D eigenvalue weighted by Crippen LogP contribution is -2.21. The monoisotopic (exact) mass is 295 g/mol. The van der Waals surface area contributed by atoms with Crippen molar-refractivity contribution in [1.82, 2.24) is 4.90 Å². The molecule has 0 spiro atoms. The van der Waals surface area contributed by atoms with E-state index in [0.717, 1.165) is 25.2 Å². The van der Waals surface area contributed by atoms with Crippen LogP contribution in [0.2, 0.25) is 0 Å². The molecule has 1 fully saturated rings. The molecule has 0 atom stereocenters. The zero-order valence-corrected chi connectivity index (χ0v) is 13.2. The number of ether oxygens (including phenoxy) is 1. The number of hydrogen-bond acceptors (Lipinski definition) is 2. The van der Waals surface area contributed by atoms with Crippen LogP contribution in [0, 0.1) is 0 Å². The first-order valence-corrected chi connectivity index (χ1v) is 8.38. The Morgan fingerprint density at radius 2 is 1.50 bits per heavy atom. The van der Waals surface area contributed by atoms with E-state index in [0.29, 0.717) is 0 Å². The Bertz CT molecular complexity index is 544. The van der Waals surface area contributed by atoms with E-state index in [-0.39, 0.29) is 0 Å². The SMILES string of the molecule is c1ccc(Cc2ccc(OCCCN3CCCC3)cc2)cc1. The number of likely N-dealkylation sites (tertiary alicyclic amines) is 1. The molecule has 0 radical (unpaired) electrons. The third-order valence-electron chi connectivity index (χ3n) is 4.26. The van der Waals surface area contributed by atoms with Gasteiger partial charge in [-0.25, -0.2) is 0 Å². The third kappa shape index (κ3) is 4.60. The van der Waals surface area contributed by atoms with Crippen molar-refractivity contribution in [2.24, 2.45) is 0 Å². The van der Waals surface area contributed by atoms with Crippen LogP contribution < -0.4 is 4.74 Å². The second-order valence-electron chi connectivity index (χ2n) is 6.06. The third-order valence-corrected chi connectivity index (χ3v) is 4.26. The first-order chi connectivity index (χ1) is 10.9. The summed E-state index contributed by atoms with van der Waals surface area (Å²) in [4.78, 5) is 2.53. The second-order valence-corrected chi connectivity index (χ2v) is 6.06. The van der Waals surface area contributed by atoms with E-state index in [1.807, 2.05) is 0 Å². The minimum absolute atomic E-state index is 0.814. The molecule has 2 aromatic carbocycles. The second kappa shape index (κ2) is 8.00. The van der Waals surface area contributed by atoms with Gasteiger partial charge in [0.15, 0.2) is 0 Å². The summed E-state index contributed by atoms with van der Waals surface area (Å²) in [5, 5.41) is 0. The summed E-state index contributed by atoms with van der Waals surface area (Å²) in [7, 11) is 0. The van der Waals surface area contributed by atoms with Crippen LogP contribution in [0.5, 0.6) is 5.75 Å². The van der Waals surface area contributed by atoms with Gasteiger partial charge in [0.2, 0.25) is 0 Å². The topological polar surface area (TPSA) is 12.5 Å². The number of hydrogen-bond donors (Lipinski definition) is 0. The molecule has 2 aromatic rings. The van der Waals surface area contributed by atoms with Crippen LogP contribution in [0.1, 0.15) is 30.4 Å². The fraction of sp³-hybridized carbons (Fsp3) is 0.400. The average molecular weight is 295 g/mol. The van der Waals surface area contributed by atoms with E-state index in [1.165, 1.54) is 43.6 Å². The van der Waals surface area contributed by atoms with E-state index >= 15 is 0 Å². The Morgan fingerprint density at radius 1 is 0.818 bits per heavy atom. The Morgan fingerprint density at radius 3 is 2.23 bits per heavy atom. The molecule has 0 aromatic heterocycles. The van der Waals surface area contributed by atoms with Crippen LogP contribution >= 0.6 is 0 Å². The number of benzene rings is 2. The standard InChI is InChI=1S/C20H25NO/c1-2-7-18(8-3-1)17-19-9-11-20(12-10-19)22-16-6-15-21-13-4-5-14-21/h1-3,7-12H,4-6,13-17H2. The van der Waals surface area contributed by atoms with Gasteiger partial charge < -0.3 is 9.64 Å². The van der Waals surface area contributed by atoms with Gasteiger partial charge in [-0.2, -0.15) is 0 Å². The largest absolute Gasteiger partial charge is 0.494 e. The van der Waals surface area contributed by atoms with Gasteiger partial charge in [-0.3, -0.25) is 0 Å². The molecule has 1 aliphatic rings. The lowest BCUT2D eigenvalue weighted by Gasteiger charge is -2.14. The van der Waals surface area contributed by atoms with Gasteiger partial charge in [0, 0.05) is 6.54 Å². The fourth-order valence-electron chi connectivity index (χ4n) is 3.02. The van der Waals surface area contributed by atoms with Crippen LogP contribution in [0.4, 0.5) is 0 Å². The minimum atomic E-state index is 0.814. The van der Waals surface area contributed by atoms with Gasteiger partial charge in [0.25, 0.3) is 0 Å². The highest BCUT2D eigenvalue weighted by Gasteiger charge is 2.10. The van der Waals surface area contributed by atoms with Crippen molar-refractivity contribution in [2.45, 2.75) is 25.7 Å². The summed E-state index contributed by atoms with van der Waals surface area (Å²) < 4.78 is 5.84. The summed E-state index contributed by atoms with van der Waals surface area (Å²) in [6.07, 6.45) is 4.83. The number of nitrogens with zero attached hydrogens (tertiary/aromatic N) is 1. The smallest absolute Gasteiger partial charge is 0.119 e. The van der Waals surface area contributed by atoms with Crippen LogP contribution in [-0.2, 0) is 6.42 Å². The van der Waals surface area contributed by atoms with Gasteiger partial charge in [0.1, 0.15) is 5.75 Å². The molecule has 0 saturated carbocycles. The quantitative estimate of drug-likeness (QED) is 0.712. The lowest BCUT2D eigenvalue weighted by molar-refractivity contribution is 0.263. The fourth-order valence-corrected chi connectivity index (χ4v) is 3.02. The molecule has 116 valence electrons.